The van der Waals surface area contributed by atoms with Gasteiger partial charge in [-0.1, -0.05) is 13.0 Å². The number of ketones is 1. The molecule has 3 nitrogen and oxygen atoms in total. The largest absolute Gasteiger partial charge is 0.297 e. The van der Waals surface area contributed by atoms with E-state index in [9.17, 15) is 4.79 Å². The Morgan fingerprint density at radius 3 is 2.72 bits per heavy atom. The molecule has 0 radical (unpaired) electrons. The maximum atomic E-state index is 12.6. The van der Waals surface area contributed by atoms with Gasteiger partial charge in [-0.2, -0.15) is 0 Å². The van der Waals surface area contributed by atoms with Crippen LogP contribution >= 0.6 is 0 Å². The first kappa shape index (κ1) is 13.2. The smallest absolute Gasteiger partial charge is 0.157 e. The summed E-state index contributed by atoms with van der Waals surface area (Å²) in [6.07, 6.45) is 7.34. The van der Waals surface area contributed by atoms with Crippen LogP contribution in [0.2, 0.25) is 0 Å². The van der Waals surface area contributed by atoms with E-state index >= 15 is 0 Å². The minimum absolute atomic E-state index is 0.299. The zero-order valence-corrected chi connectivity index (χ0v) is 11.4. The van der Waals surface area contributed by atoms with Crippen molar-refractivity contribution < 1.29 is 4.79 Å². The monoisotopic (exact) mass is 246 g/mol. The molecule has 2 rings (SSSR count). The molecule has 0 bridgehead atoms. The third-order valence-corrected chi connectivity index (χ3v) is 4.18. The van der Waals surface area contributed by atoms with Crippen molar-refractivity contribution in [3.05, 3.63) is 30.1 Å². The van der Waals surface area contributed by atoms with Crippen LogP contribution in [0.15, 0.2) is 24.5 Å². The van der Waals surface area contributed by atoms with Crippen LogP contribution in [0.25, 0.3) is 0 Å². The number of hydrogen-bond donors (Lipinski definition) is 0. The van der Waals surface area contributed by atoms with Gasteiger partial charge in [0.2, 0.25) is 0 Å². The zero-order chi connectivity index (χ0) is 13.0. The van der Waals surface area contributed by atoms with Crippen LogP contribution in [0, 0.1) is 0 Å². The lowest BCUT2D eigenvalue weighted by Gasteiger charge is -2.36. The van der Waals surface area contributed by atoms with Crippen LogP contribution in [0.1, 0.15) is 38.7 Å². The number of carbonyl (C=O) groups is 1. The number of aromatic nitrogens is 1. The minimum Gasteiger partial charge on any atom is -0.297 e. The third kappa shape index (κ3) is 2.61. The van der Waals surface area contributed by atoms with E-state index in [2.05, 4.69) is 23.7 Å². The highest BCUT2D eigenvalue weighted by molar-refractivity contribution is 5.89. The predicted octanol–water partition coefficient (Wildman–Crippen LogP) is 2.46. The summed E-state index contributed by atoms with van der Waals surface area (Å²) in [5, 5.41) is 0. The molecule has 0 spiro atoms. The molecule has 1 atom stereocenters. The molecule has 1 aromatic heterocycles. The quantitative estimate of drug-likeness (QED) is 0.800. The Balaban J connectivity index is 2.09. The van der Waals surface area contributed by atoms with E-state index in [-0.39, 0.29) is 5.54 Å². The summed E-state index contributed by atoms with van der Waals surface area (Å²) >= 11 is 0. The van der Waals surface area contributed by atoms with Gasteiger partial charge in [0.05, 0.1) is 5.54 Å². The molecule has 1 fully saturated rings. The highest BCUT2D eigenvalue weighted by Crippen LogP contribution is 2.26. The Bertz CT molecular complexity index is 398. The zero-order valence-electron chi connectivity index (χ0n) is 11.4. The van der Waals surface area contributed by atoms with E-state index in [0.717, 1.165) is 25.1 Å². The lowest BCUT2D eigenvalue weighted by molar-refractivity contribution is -0.129. The Morgan fingerprint density at radius 2 is 2.17 bits per heavy atom. The van der Waals surface area contributed by atoms with Crippen molar-refractivity contribution in [1.82, 2.24) is 9.88 Å². The fourth-order valence-electron chi connectivity index (χ4n) is 2.69. The second kappa shape index (κ2) is 5.61. The number of likely N-dealkylation sites (tertiary alicyclic amines) is 1. The average Bonchev–Trinajstić information content (AvgIpc) is 2.93. The summed E-state index contributed by atoms with van der Waals surface area (Å²) in [7, 11) is 0. The predicted molar refractivity (Wildman–Crippen MR) is 72.5 cm³/mol. The first-order valence-electron chi connectivity index (χ1n) is 6.84. The molecule has 3 heteroatoms. The van der Waals surface area contributed by atoms with Gasteiger partial charge in [0.1, 0.15) is 0 Å². The molecule has 1 saturated heterocycles. The number of nitrogens with zero attached hydrogens (tertiary/aromatic N) is 2. The van der Waals surface area contributed by atoms with Crippen molar-refractivity contribution in [2.24, 2.45) is 0 Å². The Hall–Kier alpha value is -1.22. The van der Waals surface area contributed by atoms with E-state index < -0.39 is 0 Å². The van der Waals surface area contributed by atoms with Crippen molar-refractivity contribution in [3.63, 3.8) is 0 Å². The summed E-state index contributed by atoms with van der Waals surface area (Å²) < 4.78 is 0. The molecule has 98 valence electrons. The lowest BCUT2D eigenvalue weighted by atomic mass is 9.88. The molecule has 1 unspecified atom stereocenters. The number of rotatable bonds is 5. The molecule has 0 amide bonds. The lowest BCUT2D eigenvalue weighted by Crippen LogP contribution is -2.51. The van der Waals surface area contributed by atoms with E-state index in [1.807, 2.05) is 12.1 Å². The van der Waals surface area contributed by atoms with Gasteiger partial charge in [0, 0.05) is 18.8 Å². The van der Waals surface area contributed by atoms with Gasteiger partial charge in [-0.15, -0.1) is 0 Å². The summed E-state index contributed by atoms with van der Waals surface area (Å²) in [4.78, 5) is 19.0. The van der Waals surface area contributed by atoms with E-state index in [0.29, 0.717) is 12.2 Å². The molecular weight excluding hydrogens is 224 g/mol. The first-order chi connectivity index (χ1) is 8.66. The molecule has 0 aromatic carbocycles. The Labute approximate surface area is 109 Å². The minimum atomic E-state index is -0.299. The average molecular weight is 246 g/mol. The molecule has 0 N–H and O–H groups in total. The second-order valence-corrected chi connectivity index (χ2v) is 5.28. The standard InChI is InChI=1S/C15H22N2O/c1-3-15(2,17-9-4-5-10-17)14(18)11-13-7-6-8-16-12-13/h6-8,12H,3-5,9-11H2,1-2H3. The van der Waals surface area contributed by atoms with Crippen molar-refractivity contribution >= 4 is 5.78 Å². The Kier molecular flexibility index (Phi) is 4.12. The number of pyridine rings is 1. The molecule has 1 aromatic rings. The normalized spacial score (nSPS) is 19.7. The summed E-state index contributed by atoms with van der Waals surface area (Å²) in [5.74, 6) is 0.319. The fraction of sp³-hybridized carbons (Fsp3) is 0.600. The SMILES string of the molecule is CCC(C)(C(=O)Cc1cccnc1)N1CCCC1. The maximum Gasteiger partial charge on any atom is 0.157 e. The van der Waals surface area contributed by atoms with Gasteiger partial charge in [0.15, 0.2) is 5.78 Å². The van der Waals surface area contributed by atoms with Crippen LogP contribution in [0.5, 0.6) is 0 Å². The number of Topliss-reactive ketones (excluding diaryl/α,β-unsaturated/α-hetero) is 1. The summed E-state index contributed by atoms with van der Waals surface area (Å²) in [6, 6.07) is 3.87. The molecule has 2 heterocycles. The van der Waals surface area contributed by atoms with Gasteiger partial charge >= 0.3 is 0 Å². The molecule has 0 aliphatic carbocycles. The number of carbonyl (C=O) groups excluding carboxylic acids is 1. The van der Waals surface area contributed by atoms with Crippen LogP contribution in [-0.2, 0) is 11.2 Å². The topological polar surface area (TPSA) is 33.2 Å². The molecule has 0 saturated carbocycles. The van der Waals surface area contributed by atoms with Gasteiger partial charge in [-0.3, -0.25) is 14.7 Å². The van der Waals surface area contributed by atoms with Crippen LogP contribution in [0.3, 0.4) is 0 Å². The van der Waals surface area contributed by atoms with Gasteiger partial charge in [-0.05, 0) is 50.9 Å². The van der Waals surface area contributed by atoms with Crippen LogP contribution in [0.4, 0.5) is 0 Å². The number of hydrogen-bond acceptors (Lipinski definition) is 3. The van der Waals surface area contributed by atoms with Crippen molar-refractivity contribution in [2.45, 2.75) is 45.1 Å². The first-order valence-corrected chi connectivity index (χ1v) is 6.84. The Morgan fingerprint density at radius 1 is 1.44 bits per heavy atom. The highest BCUT2D eigenvalue weighted by Gasteiger charge is 2.38. The van der Waals surface area contributed by atoms with Gasteiger partial charge < -0.3 is 0 Å². The summed E-state index contributed by atoms with van der Waals surface area (Å²) in [5.41, 5.74) is 0.716. The second-order valence-electron chi connectivity index (χ2n) is 5.28. The molecule has 18 heavy (non-hydrogen) atoms. The molecular formula is C15H22N2O. The van der Waals surface area contributed by atoms with Crippen LogP contribution in [-0.4, -0.2) is 34.3 Å². The van der Waals surface area contributed by atoms with Crippen molar-refractivity contribution in [2.75, 3.05) is 13.1 Å². The van der Waals surface area contributed by atoms with E-state index in [4.69, 9.17) is 0 Å². The van der Waals surface area contributed by atoms with Gasteiger partial charge in [-0.25, -0.2) is 0 Å². The molecule has 1 aliphatic heterocycles. The van der Waals surface area contributed by atoms with E-state index in [1.165, 1.54) is 12.8 Å². The highest BCUT2D eigenvalue weighted by atomic mass is 16.1. The molecule has 1 aliphatic rings. The van der Waals surface area contributed by atoms with Crippen LogP contribution < -0.4 is 0 Å². The van der Waals surface area contributed by atoms with Gasteiger partial charge in [0.25, 0.3) is 0 Å². The third-order valence-electron chi connectivity index (χ3n) is 4.18. The van der Waals surface area contributed by atoms with E-state index in [1.54, 1.807) is 12.4 Å². The summed E-state index contributed by atoms with van der Waals surface area (Å²) in [6.45, 7) is 6.32. The van der Waals surface area contributed by atoms with Crippen molar-refractivity contribution in [3.8, 4) is 0 Å². The maximum absolute atomic E-state index is 12.6. The van der Waals surface area contributed by atoms with Crippen molar-refractivity contribution in [1.29, 1.82) is 0 Å². The fourth-order valence-corrected chi connectivity index (χ4v) is 2.69.